The highest BCUT2D eigenvalue weighted by Crippen LogP contribution is 2.21. The number of benzene rings is 2. The number of hydrogen-bond donors (Lipinski definition) is 1. The minimum Gasteiger partial charge on any atom is -0.457 e. The third-order valence-electron chi connectivity index (χ3n) is 4.19. The van der Waals surface area contributed by atoms with Crippen LogP contribution in [0, 0.1) is 22.7 Å². The molecule has 9 nitrogen and oxygen atoms in total. The van der Waals surface area contributed by atoms with E-state index in [2.05, 4.69) is 5.32 Å². The molecule has 0 aliphatic rings. The second kappa shape index (κ2) is 13.0. The van der Waals surface area contributed by atoms with Crippen molar-refractivity contribution < 1.29 is 23.9 Å². The molecule has 164 valence electrons. The molecule has 2 amide bonds. The van der Waals surface area contributed by atoms with Crippen LogP contribution in [0.1, 0.15) is 23.2 Å². The molecule has 0 aromatic heterocycles. The summed E-state index contributed by atoms with van der Waals surface area (Å²) < 4.78 is 10.5. The molecule has 0 saturated carbocycles. The highest BCUT2D eigenvalue weighted by atomic mass is 16.5. The summed E-state index contributed by atoms with van der Waals surface area (Å²) in [6.45, 7) is -0.646. The predicted octanol–water partition coefficient (Wildman–Crippen LogP) is 2.41. The first-order valence-corrected chi connectivity index (χ1v) is 9.82. The fourth-order valence-corrected chi connectivity index (χ4v) is 2.57. The van der Waals surface area contributed by atoms with Gasteiger partial charge >= 0.3 is 5.97 Å². The average molecular weight is 434 g/mol. The number of nitrogens with zero attached hydrogens (tertiary/aromatic N) is 3. The number of carbonyl (C=O) groups is 3. The summed E-state index contributed by atoms with van der Waals surface area (Å²) >= 11 is 0. The van der Waals surface area contributed by atoms with Gasteiger partial charge in [0.2, 0.25) is 0 Å². The smallest absolute Gasteiger partial charge is 0.325 e. The van der Waals surface area contributed by atoms with Crippen molar-refractivity contribution in [2.45, 2.75) is 12.8 Å². The van der Waals surface area contributed by atoms with Crippen molar-refractivity contribution in [3.8, 4) is 23.6 Å². The van der Waals surface area contributed by atoms with Gasteiger partial charge in [-0.25, -0.2) is 0 Å². The quantitative estimate of drug-likeness (QED) is 0.537. The van der Waals surface area contributed by atoms with Crippen LogP contribution in [0.15, 0.2) is 54.6 Å². The van der Waals surface area contributed by atoms with Gasteiger partial charge in [0, 0.05) is 18.7 Å². The topological polar surface area (TPSA) is 133 Å². The second-order valence-corrected chi connectivity index (χ2v) is 6.48. The highest BCUT2D eigenvalue weighted by Gasteiger charge is 2.16. The van der Waals surface area contributed by atoms with E-state index in [1.54, 1.807) is 24.3 Å². The molecule has 0 aliphatic carbocycles. The maximum absolute atomic E-state index is 12.2. The third-order valence-corrected chi connectivity index (χ3v) is 4.19. The molecule has 0 fully saturated rings. The first-order chi connectivity index (χ1) is 15.5. The monoisotopic (exact) mass is 434 g/mol. The van der Waals surface area contributed by atoms with E-state index in [4.69, 9.17) is 20.0 Å². The molecule has 2 aromatic rings. The fraction of sp³-hybridized carbons (Fsp3) is 0.261. The molecule has 0 bridgehead atoms. The van der Waals surface area contributed by atoms with Crippen LogP contribution in [0.2, 0.25) is 0 Å². The first-order valence-electron chi connectivity index (χ1n) is 9.82. The lowest BCUT2D eigenvalue weighted by atomic mass is 10.2. The Labute approximate surface area is 185 Å². The molecule has 9 heteroatoms. The van der Waals surface area contributed by atoms with Gasteiger partial charge in [0.1, 0.15) is 18.0 Å². The number of amides is 2. The lowest BCUT2D eigenvalue weighted by Crippen LogP contribution is -2.37. The zero-order chi connectivity index (χ0) is 23.2. The number of nitrogens with one attached hydrogen (secondary N) is 1. The molecule has 0 radical (unpaired) electrons. The van der Waals surface area contributed by atoms with E-state index in [1.165, 1.54) is 4.90 Å². The van der Waals surface area contributed by atoms with Crippen molar-refractivity contribution in [2.24, 2.45) is 0 Å². The van der Waals surface area contributed by atoms with E-state index in [9.17, 15) is 14.4 Å². The fourth-order valence-electron chi connectivity index (χ4n) is 2.57. The highest BCUT2D eigenvalue weighted by molar-refractivity contribution is 5.96. The summed E-state index contributed by atoms with van der Waals surface area (Å²) in [6.07, 6.45) is 0.215. The first kappa shape index (κ1) is 23.9. The maximum atomic E-state index is 12.2. The number of hydrogen-bond acceptors (Lipinski definition) is 7. The van der Waals surface area contributed by atoms with Crippen molar-refractivity contribution in [3.05, 3.63) is 60.2 Å². The van der Waals surface area contributed by atoms with Crippen molar-refractivity contribution >= 4 is 17.8 Å². The van der Waals surface area contributed by atoms with Crippen LogP contribution in [-0.4, -0.2) is 48.9 Å². The van der Waals surface area contributed by atoms with Crippen LogP contribution in [0.3, 0.4) is 0 Å². The Balaban J connectivity index is 1.77. The molecular formula is C23H22N4O5. The van der Waals surface area contributed by atoms with Gasteiger partial charge in [-0.2, -0.15) is 10.5 Å². The average Bonchev–Trinajstić information content (AvgIpc) is 2.82. The lowest BCUT2D eigenvalue weighted by molar-refractivity contribution is -0.151. The Bertz CT molecular complexity index is 976. The van der Waals surface area contributed by atoms with Crippen LogP contribution in [0.5, 0.6) is 11.5 Å². The predicted molar refractivity (Wildman–Crippen MR) is 113 cm³/mol. The Hall–Kier alpha value is -4.37. The van der Waals surface area contributed by atoms with E-state index in [0.29, 0.717) is 17.1 Å². The third kappa shape index (κ3) is 8.17. The molecule has 0 spiro atoms. The van der Waals surface area contributed by atoms with Gasteiger partial charge in [0.25, 0.3) is 11.8 Å². The molecule has 0 aliphatic heterocycles. The maximum Gasteiger partial charge on any atom is 0.325 e. The number of carbonyl (C=O) groups excluding carboxylic acids is 3. The van der Waals surface area contributed by atoms with Gasteiger partial charge < -0.3 is 19.7 Å². The van der Waals surface area contributed by atoms with Gasteiger partial charge in [-0.1, -0.05) is 18.2 Å². The summed E-state index contributed by atoms with van der Waals surface area (Å²) in [5, 5.41) is 19.7. The van der Waals surface area contributed by atoms with E-state index in [0.717, 1.165) is 0 Å². The number of para-hydroxylation sites is 1. The zero-order valence-electron chi connectivity index (χ0n) is 17.3. The van der Waals surface area contributed by atoms with Gasteiger partial charge in [-0.15, -0.1) is 0 Å². The van der Waals surface area contributed by atoms with E-state index >= 15 is 0 Å². The minimum atomic E-state index is -0.781. The Morgan fingerprint density at radius 1 is 0.875 bits per heavy atom. The van der Waals surface area contributed by atoms with Crippen molar-refractivity contribution in [2.75, 3.05) is 26.2 Å². The van der Waals surface area contributed by atoms with Gasteiger partial charge in [-0.3, -0.25) is 14.4 Å². The van der Waals surface area contributed by atoms with Crippen LogP contribution < -0.4 is 10.1 Å². The largest absolute Gasteiger partial charge is 0.457 e. The summed E-state index contributed by atoms with van der Waals surface area (Å²) in [5.41, 5.74) is 0.327. The van der Waals surface area contributed by atoms with Gasteiger partial charge in [0.05, 0.1) is 25.0 Å². The van der Waals surface area contributed by atoms with Gasteiger partial charge in [-0.05, 0) is 36.4 Å². The van der Waals surface area contributed by atoms with Crippen LogP contribution in [0.4, 0.5) is 0 Å². The summed E-state index contributed by atoms with van der Waals surface area (Å²) in [6, 6.07) is 19.4. The van der Waals surface area contributed by atoms with E-state index < -0.39 is 30.9 Å². The molecule has 1 N–H and O–H groups in total. The van der Waals surface area contributed by atoms with Gasteiger partial charge in [0.15, 0.2) is 6.61 Å². The molecule has 0 unspecified atom stereocenters. The zero-order valence-corrected chi connectivity index (χ0v) is 17.3. The second-order valence-electron chi connectivity index (χ2n) is 6.48. The van der Waals surface area contributed by atoms with Crippen LogP contribution >= 0.6 is 0 Å². The summed E-state index contributed by atoms with van der Waals surface area (Å²) in [5.74, 6) is -0.548. The molecule has 0 saturated heterocycles. The van der Waals surface area contributed by atoms with Crippen LogP contribution in [0.25, 0.3) is 0 Å². The SMILES string of the molecule is N#CCCN(CCC#N)C(=O)COC(=O)CNC(=O)c1ccc(Oc2ccccc2)cc1. The number of ether oxygens (including phenoxy) is 2. The molecule has 0 atom stereocenters. The summed E-state index contributed by atoms with van der Waals surface area (Å²) in [7, 11) is 0. The Kier molecular flexibility index (Phi) is 9.74. The molecular weight excluding hydrogens is 412 g/mol. The molecule has 2 aromatic carbocycles. The van der Waals surface area contributed by atoms with E-state index in [1.807, 2.05) is 42.5 Å². The number of rotatable bonds is 11. The molecule has 0 heterocycles. The summed E-state index contributed by atoms with van der Waals surface area (Å²) in [4.78, 5) is 37.5. The standard InChI is InChI=1S/C23H22N4O5/c24-12-4-14-27(15-5-13-25)21(28)17-31-22(29)16-26-23(30)18-8-10-20(11-9-18)32-19-6-2-1-3-7-19/h1-3,6-11H,4-5,14-17H2,(H,26,30). The lowest BCUT2D eigenvalue weighted by Gasteiger charge is -2.20. The molecule has 2 rings (SSSR count). The van der Waals surface area contributed by atoms with Crippen LogP contribution in [-0.2, 0) is 14.3 Å². The van der Waals surface area contributed by atoms with Crippen molar-refractivity contribution in [1.82, 2.24) is 10.2 Å². The molecule has 32 heavy (non-hydrogen) atoms. The van der Waals surface area contributed by atoms with E-state index in [-0.39, 0.29) is 25.9 Å². The van der Waals surface area contributed by atoms with Crippen molar-refractivity contribution in [1.29, 1.82) is 10.5 Å². The minimum absolute atomic E-state index is 0.107. The number of nitriles is 2. The van der Waals surface area contributed by atoms with Crippen molar-refractivity contribution in [3.63, 3.8) is 0 Å². The Morgan fingerprint density at radius 3 is 2.06 bits per heavy atom. The normalized spacial score (nSPS) is 9.69. The number of esters is 1. The Morgan fingerprint density at radius 2 is 1.47 bits per heavy atom.